The van der Waals surface area contributed by atoms with Crippen molar-refractivity contribution in [3.05, 3.63) is 30.3 Å². The standard InChI is InChI=1S/C15H23NS/c1-16-15-10-6-5-7-13(15)11-12-17-14-8-3-2-4-9-14/h2-4,8-9,13,15-16H,5-7,10-12H2,1H3. The van der Waals surface area contributed by atoms with E-state index < -0.39 is 0 Å². The van der Waals surface area contributed by atoms with E-state index in [1.807, 2.05) is 11.8 Å². The Morgan fingerprint density at radius 1 is 1.18 bits per heavy atom. The summed E-state index contributed by atoms with van der Waals surface area (Å²) >= 11 is 2.00. The summed E-state index contributed by atoms with van der Waals surface area (Å²) in [6, 6.07) is 11.5. The highest BCUT2D eigenvalue weighted by molar-refractivity contribution is 7.99. The fourth-order valence-corrected chi connectivity index (χ4v) is 3.78. The molecule has 1 N–H and O–H groups in total. The molecule has 0 saturated heterocycles. The highest BCUT2D eigenvalue weighted by Crippen LogP contribution is 2.29. The maximum atomic E-state index is 3.49. The molecule has 0 bridgehead atoms. The van der Waals surface area contributed by atoms with Gasteiger partial charge < -0.3 is 5.32 Å². The van der Waals surface area contributed by atoms with Crippen LogP contribution in [-0.2, 0) is 0 Å². The number of hydrogen-bond donors (Lipinski definition) is 1. The summed E-state index contributed by atoms with van der Waals surface area (Å²) in [5.74, 6) is 2.15. The Labute approximate surface area is 109 Å². The van der Waals surface area contributed by atoms with Gasteiger partial charge >= 0.3 is 0 Å². The number of hydrogen-bond acceptors (Lipinski definition) is 2. The molecular weight excluding hydrogens is 226 g/mol. The van der Waals surface area contributed by atoms with E-state index in [-0.39, 0.29) is 0 Å². The largest absolute Gasteiger partial charge is 0.317 e. The molecule has 2 heteroatoms. The van der Waals surface area contributed by atoms with Crippen molar-refractivity contribution in [2.45, 2.75) is 43.0 Å². The van der Waals surface area contributed by atoms with Gasteiger partial charge in [0, 0.05) is 10.9 Å². The number of rotatable bonds is 5. The zero-order valence-electron chi connectivity index (χ0n) is 10.7. The first-order valence-electron chi connectivity index (χ1n) is 6.75. The molecule has 0 spiro atoms. The monoisotopic (exact) mass is 249 g/mol. The predicted molar refractivity (Wildman–Crippen MR) is 76.6 cm³/mol. The molecule has 1 nitrogen and oxygen atoms in total. The molecule has 2 rings (SSSR count). The van der Waals surface area contributed by atoms with E-state index in [0.29, 0.717) is 0 Å². The quantitative estimate of drug-likeness (QED) is 0.793. The number of benzene rings is 1. The van der Waals surface area contributed by atoms with Crippen LogP contribution in [0.4, 0.5) is 0 Å². The molecule has 0 radical (unpaired) electrons. The summed E-state index contributed by atoms with van der Waals surface area (Å²) in [7, 11) is 2.12. The van der Waals surface area contributed by atoms with E-state index in [4.69, 9.17) is 0 Å². The van der Waals surface area contributed by atoms with Crippen LogP contribution in [0, 0.1) is 5.92 Å². The van der Waals surface area contributed by atoms with Crippen LogP contribution in [0.5, 0.6) is 0 Å². The van der Waals surface area contributed by atoms with Gasteiger partial charge in [0.2, 0.25) is 0 Å². The van der Waals surface area contributed by atoms with Gasteiger partial charge in [-0.25, -0.2) is 0 Å². The van der Waals surface area contributed by atoms with Gasteiger partial charge in [-0.05, 0) is 50.1 Å². The first kappa shape index (κ1) is 13.0. The third-order valence-electron chi connectivity index (χ3n) is 3.78. The third kappa shape index (κ3) is 4.04. The van der Waals surface area contributed by atoms with Crippen LogP contribution in [0.2, 0.25) is 0 Å². The van der Waals surface area contributed by atoms with Gasteiger partial charge in [0.15, 0.2) is 0 Å². The van der Waals surface area contributed by atoms with Gasteiger partial charge in [0.1, 0.15) is 0 Å². The molecule has 0 aliphatic heterocycles. The van der Waals surface area contributed by atoms with Crippen LogP contribution in [0.25, 0.3) is 0 Å². The Morgan fingerprint density at radius 3 is 2.71 bits per heavy atom. The van der Waals surface area contributed by atoms with E-state index >= 15 is 0 Å². The van der Waals surface area contributed by atoms with Gasteiger partial charge in [-0.1, -0.05) is 31.0 Å². The van der Waals surface area contributed by atoms with Crippen molar-refractivity contribution in [1.82, 2.24) is 5.32 Å². The zero-order valence-corrected chi connectivity index (χ0v) is 11.5. The Bertz CT molecular complexity index is 312. The second-order valence-electron chi connectivity index (χ2n) is 4.89. The van der Waals surface area contributed by atoms with E-state index in [0.717, 1.165) is 12.0 Å². The SMILES string of the molecule is CNC1CCCCC1CCSc1ccccc1. The minimum atomic E-state index is 0.764. The first-order chi connectivity index (χ1) is 8.40. The zero-order chi connectivity index (χ0) is 11.9. The van der Waals surface area contributed by atoms with Crippen LogP contribution in [0.3, 0.4) is 0 Å². The molecule has 0 aromatic heterocycles. The summed E-state index contributed by atoms with van der Waals surface area (Å²) in [6.07, 6.45) is 6.98. The summed E-state index contributed by atoms with van der Waals surface area (Å²) < 4.78 is 0. The maximum Gasteiger partial charge on any atom is 0.00926 e. The topological polar surface area (TPSA) is 12.0 Å². The molecule has 94 valence electrons. The maximum absolute atomic E-state index is 3.49. The third-order valence-corrected chi connectivity index (χ3v) is 4.83. The van der Waals surface area contributed by atoms with E-state index in [9.17, 15) is 0 Å². The highest BCUT2D eigenvalue weighted by atomic mass is 32.2. The smallest absolute Gasteiger partial charge is 0.00926 e. The van der Waals surface area contributed by atoms with Crippen molar-refractivity contribution in [2.75, 3.05) is 12.8 Å². The summed E-state index contributed by atoms with van der Waals surface area (Å²) in [6.45, 7) is 0. The molecule has 2 unspecified atom stereocenters. The Hall–Kier alpha value is -0.470. The molecule has 0 amide bonds. The molecule has 1 aromatic carbocycles. The predicted octanol–water partition coefficient (Wildman–Crippen LogP) is 3.95. The Kier molecular flexibility index (Phi) is 5.40. The van der Waals surface area contributed by atoms with E-state index in [2.05, 4.69) is 42.7 Å². The molecule has 1 aliphatic rings. The fourth-order valence-electron chi connectivity index (χ4n) is 2.78. The lowest BCUT2D eigenvalue weighted by molar-refractivity contribution is 0.269. The van der Waals surface area contributed by atoms with Crippen molar-refractivity contribution < 1.29 is 0 Å². The van der Waals surface area contributed by atoms with Gasteiger partial charge in [0.05, 0.1) is 0 Å². The van der Waals surface area contributed by atoms with Crippen molar-refractivity contribution >= 4 is 11.8 Å². The average Bonchev–Trinajstić information content (AvgIpc) is 2.40. The van der Waals surface area contributed by atoms with Gasteiger partial charge in [-0.2, -0.15) is 0 Å². The van der Waals surface area contributed by atoms with Crippen LogP contribution in [0.15, 0.2) is 35.2 Å². The molecule has 1 aliphatic carbocycles. The minimum absolute atomic E-state index is 0.764. The summed E-state index contributed by atoms with van der Waals surface area (Å²) in [5.41, 5.74) is 0. The van der Waals surface area contributed by atoms with Crippen LogP contribution < -0.4 is 5.32 Å². The average molecular weight is 249 g/mol. The van der Waals surface area contributed by atoms with E-state index in [1.165, 1.54) is 42.8 Å². The lowest BCUT2D eigenvalue weighted by Gasteiger charge is -2.31. The summed E-state index contributed by atoms with van der Waals surface area (Å²) in [4.78, 5) is 1.41. The van der Waals surface area contributed by atoms with Gasteiger partial charge in [-0.15, -0.1) is 11.8 Å². The normalized spacial score (nSPS) is 24.8. The molecule has 1 fully saturated rings. The number of thioether (sulfide) groups is 1. The highest BCUT2D eigenvalue weighted by Gasteiger charge is 2.22. The van der Waals surface area contributed by atoms with E-state index in [1.54, 1.807) is 0 Å². The molecule has 0 heterocycles. The van der Waals surface area contributed by atoms with Crippen molar-refractivity contribution in [3.8, 4) is 0 Å². The second kappa shape index (κ2) is 7.07. The molecule has 2 atom stereocenters. The van der Waals surface area contributed by atoms with Gasteiger partial charge in [-0.3, -0.25) is 0 Å². The number of nitrogens with one attached hydrogen (secondary N) is 1. The Morgan fingerprint density at radius 2 is 1.94 bits per heavy atom. The molecule has 1 saturated carbocycles. The van der Waals surface area contributed by atoms with Crippen LogP contribution in [0.1, 0.15) is 32.1 Å². The fraction of sp³-hybridized carbons (Fsp3) is 0.600. The molecular formula is C15H23NS. The van der Waals surface area contributed by atoms with Crippen molar-refractivity contribution in [3.63, 3.8) is 0 Å². The van der Waals surface area contributed by atoms with Crippen molar-refractivity contribution in [1.29, 1.82) is 0 Å². The molecule has 1 aromatic rings. The van der Waals surface area contributed by atoms with Crippen LogP contribution >= 0.6 is 11.8 Å². The summed E-state index contributed by atoms with van der Waals surface area (Å²) in [5, 5.41) is 3.49. The van der Waals surface area contributed by atoms with Gasteiger partial charge in [0.25, 0.3) is 0 Å². The first-order valence-corrected chi connectivity index (χ1v) is 7.74. The van der Waals surface area contributed by atoms with Crippen molar-refractivity contribution in [2.24, 2.45) is 5.92 Å². The second-order valence-corrected chi connectivity index (χ2v) is 6.06. The van der Waals surface area contributed by atoms with Crippen LogP contribution in [-0.4, -0.2) is 18.8 Å². The lowest BCUT2D eigenvalue weighted by atomic mass is 9.83. The molecule has 17 heavy (non-hydrogen) atoms. The minimum Gasteiger partial charge on any atom is -0.317 e. The lowest BCUT2D eigenvalue weighted by Crippen LogP contribution is -2.36. The Balaban J connectivity index is 1.74.